The third kappa shape index (κ3) is 4.26. The van der Waals surface area contributed by atoms with Gasteiger partial charge in [0.15, 0.2) is 0 Å². The molecule has 2 nitrogen and oxygen atoms in total. The van der Waals surface area contributed by atoms with Crippen LogP contribution < -0.4 is 0 Å². The highest BCUT2D eigenvalue weighted by Crippen LogP contribution is 2.22. The van der Waals surface area contributed by atoms with E-state index in [4.69, 9.17) is 23.2 Å². The van der Waals surface area contributed by atoms with Crippen LogP contribution in [0.25, 0.3) is 6.08 Å². The topological polar surface area (TPSA) is 20.3 Å². The first-order valence-corrected chi connectivity index (χ1v) is 7.34. The molecule has 0 aromatic heterocycles. The summed E-state index contributed by atoms with van der Waals surface area (Å²) in [6, 6.07) is 5.26. The lowest BCUT2D eigenvalue weighted by molar-refractivity contribution is -0.125. The quantitative estimate of drug-likeness (QED) is 0.741. The molecule has 0 radical (unpaired) electrons. The van der Waals surface area contributed by atoms with Crippen molar-refractivity contribution in [2.75, 3.05) is 13.1 Å². The van der Waals surface area contributed by atoms with Crippen LogP contribution in [-0.4, -0.2) is 23.9 Å². The van der Waals surface area contributed by atoms with Gasteiger partial charge in [-0.15, -0.1) is 0 Å². The standard InChI is InChI=1S/C15H17Cl2NO/c16-13-7-5-12(14(17)11-13)6-8-15(19)18-9-3-1-2-4-10-18/h5-8,11H,1-4,9-10H2/b8-6-. The Morgan fingerprint density at radius 2 is 1.79 bits per heavy atom. The molecule has 0 bridgehead atoms. The summed E-state index contributed by atoms with van der Waals surface area (Å²) in [7, 11) is 0. The van der Waals surface area contributed by atoms with E-state index in [1.54, 1.807) is 24.3 Å². The molecule has 1 aliphatic heterocycles. The van der Waals surface area contributed by atoms with Gasteiger partial charge in [-0.3, -0.25) is 4.79 Å². The van der Waals surface area contributed by atoms with Crippen molar-refractivity contribution in [3.63, 3.8) is 0 Å². The van der Waals surface area contributed by atoms with Crippen LogP contribution in [0, 0.1) is 0 Å². The first-order chi connectivity index (χ1) is 9.16. The van der Waals surface area contributed by atoms with Gasteiger partial charge in [0.05, 0.1) is 0 Å². The van der Waals surface area contributed by atoms with E-state index >= 15 is 0 Å². The molecule has 0 unspecified atom stereocenters. The number of carbonyl (C=O) groups excluding carboxylic acids is 1. The van der Waals surface area contributed by atoms with Crippen molar-refractivity contribution >= 4 is 35.2 Å². The number of halogens is 2. The molecule has 1 amide bonds. The average molecular weight is 298 g/mol. The maximum atomic E-state index is 12.1. The predicted molar refractivity (Wildman–Crippen MR) is 80.5 cm³/mol. The van der Waals surface area contributed by atoms with Gasteiger partial charge in [0, 0.05) is 29.2 Å². The van der Waals surface area contributed by atoms with Gasteiger partial charge in [-0.2, -0.15) is 0 Å². The molecule has 0 N–H and O–H groups in total. The molecule has 0 saturated carbocycles. The molecule has 102 valence electrons. The maximum absolute atomic E-state index is 12.1. The van der Waals surface area contributed by atoms with Crippen LogP contribution in [0.2, 0.25) is 10.0 Å². The summed E-state index contributed by atoms with van der Waals surface area (Å²) in [6.45, 7) is 1.72. The zero-order valence-corrected chi connectivity index (χ0v) is 12.3. The van der Waals surface area contributed by atoms with Crippen molar-refractivity contribution in [2.45, 2.75) is 25.7 Å². The molecule has 19 heavy (non-hydrogen) atoms. The fourth-order valence-electron chi connectivity index (χ4n) is 2.19. The molecule has 2 rings (SSSR count). The van der Waals surface area contributed by atoms with Crippen LogP contribution in [0.5, 0.6) is 0 Å². The van der Waals surface area contributed by atoms with E-state index in [2.05, 4.69) is 0 Å². The Morgan fingerprint density at radius 3 is 2.42 bits per heavy atom. The highest BCUT2D eigenvalue weighted by atomic mass is 35.5. The second-order valence-electron chi connectivity index (χ2n) is 4.74. The molecule has 1 saturated heterocycles. The summed E-state index contributed by atoms with van der Waals surface area (Å²) in [5.74, 6) is 0.0629. The summed E-state index contributed by atoms with van der Waals surface area (Å²) < 4.78 is 0. The Hall–Kier alpha value is -0.990. The number of benzene rings is 1. The summed E-state index contributed by atoms with van der Waals surface area (Å²) >= 11 is 11.9. The van der Waals surface area contributed by atoms with Gasteiger partial charge in [0.25, 0.3) is 0 Å². The van der Waals surface area contributed by atoms with Gasteiger partial charge in [0.2, 0.25) is 5.91 Å². The van der Waals surface area contributed by atoms with Gasteiger partial charge < -0.3 is 4.90 Å². The second-order valence-corrected chi connectivity index (χ2v) is 5.58. The molecular weight excluding hydrogens is 281 g/mol. The first kappa shape index (κ1) is 14.4. The number of hydrogen-bond acceptors (Lipinski definition) is 1. The van der Waals surface area contributed by atoms with E-state index < -0.39 is 0 Å². The molecule has 1 fully saturated rings. The molecule has 0 spiro atoms. The van der Waals surface area contributed by atoms with E-state index in [0.29, 0.717) is 10.0 Å². The lowest BCUT2D eigenvalue weighted by Crippen LogP contribution is -2.30. The van der Waals surface area contributed by atoms with Gasteiger partial charge in [0.1, 0.15) is 0 Å². The summed E-state index contributed by atoms with van der Waals surface area (Å²) in [5.41, 5.74) is 0.814. The van der Waals surface area contributed by atoms with Crippen LogP contribution >= 0.6 is 23.2 Å². The number of carbonyl (C=O) groups is 1. The zero-order chi connectivity index (χ0) is 13.7. The molecule has 1 aromatic carbocycles. The third-order valence-corrected chi connectivity index (χ3v) is 3.85. The maximum Gasteiger partial charge on any atom is 0.246 e. The smallest absolute Gasteiger partial charge is 0.246 e. The largest absolute Gasteiger partial charge is 0.339 e. The number of likely N-dealkylation sites (tertiary alicyclic amines) is 1. The lowest BCUT2D eigenvalue weighted by Gasteiger charge is -2.18. The lowest BCUT2D eigenvalue weighted by atomic mass is 10.2. The second kappa shape index (κ2) is 6.97. The minimum atomic E-state index is 0.0629. The van der Waals surface area contributed by atoms with Crippen molar-refractivity contribution < 1.29 is 4.79 Å². The molecule has 1 aliphatic rings. The predicted octanol–water partition coefficient (Wildman–Crippen LogP) is 4.41. The first-order valence-electron chi connectivity index (χ1n) is 6.59. The molecule has 0 aliphatic carbocycles. The number of amides is 1. The van der Waals surface area contributed by atoms with Crippen LogP contribution in [0.3, 0.4) is 0 Å². The SMILES string of the molecule is O=C(/C=C\c1ccc(Cl)cc1Cl)N1CCCCCC1. The molecular formula is C15H17Cl2NO. The van der Waals surface area contributed by atoms with Crippen LogP contribution in [-0.2, 0) is 4.79 Å². The van der Waals surface area contributed by atoms with E-state index in [0.717, 1.165) is 31.5 Å². The summed E-state index contributed by atoms with van der Waals surface area (Å²) in [5, 5.41) is 1.16. The van der Waals surface area contributed by atoms with Crippen molar-refractivity contribution in [1.29, 1.82) is 0 Å². The van der Waals surface area contributed by atoms with Crippen LogP contribution in [0.1, 0.15) is 31.2 Å². The normalized spacial score (nSPS) is 16.6. The van der Waals surface area contributed by atoms with E-state index in [9.17, 15) is 4.79 Å². The Bertz CT molecular complexity index is 477. The monoisotopic (exact) mass is 297 g/mol. The highest BCUT2D eigenvalue weighted by Gasteiger charge is 2.12. The minimum Gasteiger partial charge on any atom is -0.339 e. The Balaban J connectivity index is 2.02. The van der Waals surface area contributed by atoms with Gasteiger partial charge in [-0.05, 0) is 36.6 Å². The Morgan fingerprint density at radius 1 is 1.11 bits per heavy atom. The number of hydrogen-bond donors (Lipinski definition) is 0. The Kier molecular flexibility index (Phi) is 5.29. The number of nitrogens with zero attached hydrogens (tertiary/aromatic N) is 1. The average Bonchev–Trinajstić information content (AvgIpc) is 2.66. The van der Waals surface area contributed by atoms with Gasteiger partial charge in [-0.1, -0.05) is 42.1 Å². The molecule has 4 heteroatoms. The highest BCUT2D eigenvalue weighted by molar-refractivity contribution is 6.35. The summed E-state index contributed by atoms with van der Waals surface area (Å²) in [4.78, 5) is 14.0. The van der Waals surface area contributed by atoms with Gasteiger partial charge >= 0.3 is 0 Å². The van der Waals surface area contributed by atoms with Crippen molar-refractivity contribution in [1.82, 2.24) is 4.90 Å². The summed E-state index contributed by atoms with van der Waals surface area (Å²) in [6.07, 6.45) is 7.99. The van der Waals surface area contributed by atoms with Crippen LogP contribution in [0.4, 0.5) is 0 Å². The fourth-order valence-corrected chi connectivity index (χ4v) is 2.67. The fraction of sp³-hybridized carbons (Fsp3) is 0.400. The number of rotatable bonds is 2. The molecule has 1 aromatic rings. The van der Waals surface area contributed by atoms with E-state index in [1.165, 1.54) is 12.8 Å². The van der Waals surface area contributed by atoms with Crippen LogP contribution in [0.15, 0.2) is 24.3 Å². The van der Waals surface area contributed by atoms with Gasteiger partial charge in [-0.25, -0.2) is 0 Å². The Labute approximate surface area is 124 Å². The molecule has 1 heterocycles. The van der Waals surface area contributed by atoms with Crippen molar-refractivity contribution in [3.8, 4) is 0 Å². The van der Waals surface area contributed by atoms with E-state index in [1.807, 2.05) is 11.0 Å². The third-order valence-electron chi connectivity index (χ3n) is 3.29. The van der Waals surface area contributed by atoms with Crippen molar-refractivity contribution in [2.24, 2.45) is 0 Å². The van der Waals surface area contributed by atoms with E-state index in [-0.39, 0.29) is 5.91 Å². The van der Waals surface area contributed by atoms with Crippen molar-refractivity contribution in [3.05, 3.63) is 39.9 Å². The molecule has 0 atom stereocenters. The minimum absolute atomic E-state index is 0.0629. The zero-order valence-electron chi connectivity index (χ0n) is 10.7.